The molecular formula is C17H19Cl2NO. The Morgan fingerprint density at radius 1 is 1.00 bits per heavy atom. The fraction of sp³-hybridized carbons (Fsp3) is 0.294. The SMILES string of the molecule is NCCc1cc(Cl)cc(Cl)c1OCCCc1ccccc1. The van der Waals surface area contributed by atoms with Crippen LogP contribution in [-0.4, -0.2) is 13.2 Å². The lowest BCUT2D eigenvalue weighted by molar-refractivity contribution is 0.308. The third-order valence-electron chi connectivity index (χ3n) is 3.20. The summed E-state index contributed by atoms with van der Waals surface area (Å²) in [4.78, 5) is 0. The molecule has 2 aromatic carbocycles. The number of benzene rings is 2. The van der Waals surface area contributed by atoms with Crippen molar-refractivity contribution in [1.82, 2.24) is 0 Å². The molecule has 0 heterocycles. The fourth-order valence-electron chi connectivity index (χ4n) is 2.21. The van der Waals surface area contributed by atoms with Gasteiger partial charge in [0.25, 0.3) is 0 Å². The minimum Gasteiger partial charge on any atom is -0.492 e. The monoisotopic (exact) mass is 323 g/mol. The van der Waals surface area contributed by atoms with Gasteiger partial charge < -0.3 is 10.5 Å². The Labute approximate surface area is 135 Å². The molecule has 112 valence electrons. The van der Waals surface area contributed by atoms with Gasteiger partial charge in [-0.25, -0.2) is 0 Å². The van der Waals surface area contributed by atoms with E-state index in [2.05, 4.69) is 12.1 Å². The van der Waals surface area contributed by atoms with E-state index in [1.54, 1.807) is 6.07 Å². The summed E-state index contributed by atoms with van der Waals surface area (Å²) in [6, 6.07) is 13.9. The lowest BCUT2D eigenvalue weighted by Crippen LogP contribution is -2.07. The van der Waals surface area contributed by atoms with Gasteiger partial charge in [0.2, 0.25) is 0 Å². The largest absolute Gasteiger partial charge is 0.492 e. The quantitative estimate of drug-likeness (QED) is 0.761. The van der Waals surface area contributed by atoms with Gasteiger partial charge in [0.1, 0.15) is 5.75 Å². The zero-order valence-electron chi connectivity index (χ0n) is 11.8. The molecule has 0 amide bonds. The Morgan fingerprint density at radius 3 is 2.48 bits per heavy atom. The van der Waals surface area contributed by atoms with Gasteiger partial charge in [0, 0.05) is 5.02 Å². The maximum atomic E-state index is 6.22. The highest BCUT2D eigenvalue weighted by molar-refractivity contribution is 6.35. The summed E-state index contributed by atoms with van der Waals surface area (Å²) in [6.45, 7) is 1.16. The predicted molar refractivity (Wildman–Crippen MR) is 89.5 cm³/mol. The molecule has 0 atom stereocenters. The molecule has 21 heavy (non-hydrogen) atoms. The Hall–Kier alpha value is -1.22. The van der Waals surface area contributed by atoms with Crippen LogP contribution >= 0.6 is 23.2 Å². The molecule has 0 fully saturated rings. The van der Waals surface area contributed by atoms with E-state index in [1.807, 2.05) is 24.3 Å². The van der Waals surface area contributed by atoms with Crippen molar-refractivity contribution >= 4 is 23.2 Å². The number of hydrogen-bond donors (Lipinski definition) is 1. The Kier molecular flexibility index (Phi) is 6.37. The summed E-state index contributed by atoms with van der Waals surface area (Å²) in [7, 11) is 0. The van der Waals surface area contributed by atoms with Crippen molar-refractivity contribution < 1.29 is 4.74 Å². The molecule has 0 spiro atoms. The molecule has 4 heteroatoms. The lowest BCUT2D eigenvalue weighted by atomic mass is 10.1. The number of hydrogen-bond acceptors (Lipinski definition) is 2. The summed E-state index contributed by atoms with van der Waals surface area (Å²) in [5.74, 6) is 0.708. The van der Waals surface area contributed by atoms with E-state index < -0.39 is 0 Å². The number of rotatable bonds is 7. The molecule has 2 rings (SSSR count). The summed E-state index contributed by atoms with van der Waals surface area (Å²) < 4.78 is 5.85. The highest BCUT2D eigenvalue weighted by atomic mass is 35.5. The molecule has 0 aliphatic rings. The van der Waals surface area contributed by atoms with Gasteiger partial charge in [-0.15, -0.1) is 0 Å². The van der Waals surface area contributed by atoms with Gasteiger partial charge >= 0.3 is 0 Å². The topological polar surface area (TPSA) is 35.2 Å². The van der Waals surface area contributed by atoms with Crippen molar-refractivity contribution in [2.75, 3.05) is 13.2 Å². The van der Waals surface area contributed by atoms with Crippen LogP contribution in [0.3, 0.4) is 0 Å². The molecule has 0 aliphatic heterocycles. The second kappa shape index (κ2) is 8.28. The second-order valence-corrected chi connectivity index (χ2v) is 5.70. The molecule has 0 saturated heterocycles. The Bertz CT molecular complexity index is 573. The van der Waals surface area contributed by atoms with Gasteiger partial charge in [-0.05, 0) is 49.1 Å². The average Bonchev–Trinajstić information content (AvgIpc) is 2.47. The average molecular weight is 324 g/mol. The third kappa shape index (κ3) is 4.92. The van der Waals surface area contributed by atoms with Crippen molar-refractivity contribution in [1.29, 1.82) is 0 Å². The van der Waals surface area contributed by atoms with Crippen molar-refractivity contribution in [3.63, 3.8) is 0 Å². The molecule has 2 nitrogen and oxygen atoms in total. The van der Waals surface area contributed by atoms with E-state index in [4.69, 9.17) is 33.7 Å². The summed E-state index contributed by atoms with van der Waals surface area (Å²) in [6.07, 6.45) is 2.62. The maximum Gasteiger partial charge on any atom is 0.141 e. The minimum atomic E-state index is 0.539. The maximum absolute atomic E-state index is 6.22. The van der Waals surface area contributed by atoms with Crippen LogP contribution in [0.15, 0.2) is 42.5 Å². The van der Waals surface area contributed by atoms with E-state index in [0.717, 1.165) is 18.4 Å². The van der Waals surface area contributed by atoms with Crippen LogP contribution < -0.4 is 10.5 Å². The molecule has 0 bridgehead atoms. The zero-order valence-corrected chi connectivity index (χ0v) is 13.3. The standard InChI is InChI=1S/C17H19Cl2NO/c18-15-11-14(8-9-20)17(16(19)12-15)21-10-4-7-13-5-2-1-3-6-13/h1-3,5-6,11-12H,4,7-10,20H2. The predicted octanol–water partition coefficient (Wildman–Crippen LogP) is 4.51. The van der Waals surface area contributed by atoms with Gasteiger partial charge in [-0.1, -0.05) is 53.5 Å². The molecule has 0 aromatic heterocycles. The summed E-state index contributed by atoms with van der Waals surface area (Å²) in [5, 5.41) is 1.16. The number of aryl methyl sites for hydroxylation is 1. The van der Waals surface area contributed by atoms with E-state index in [1.165, 1.54) is 5.56 Å². The first kappa shape index (κ1) is 16.2. The first-order valence-corrected chi connectivity index (χ1v) is 7.81. The summed E-state index contributed by atoms with van der Waals surface area (Å²) >= 11 is 12.2. The van der Waals surface area contributed by atoms with E-state index >= 15 is 0 Å². The second-order valence-electron chi connectivity index (χ2n) is 4.85. The fourth-order valence-corrected chi connectivity index (χ4v) is 2.80. The normalized spacial score (nSPS) is 10.6. The van der Waals surface area contributed by atoms with Crippen LogP contribution in [0.5, 0.6) is 5.75 Å². The van der Waals surface area contributed by atoms with Crippen LogP contribution in [0.25, 0.3) is 0 Å². The molecule has 2 N–H and O–H groups in total. The molecule has 0 unspecified atom stereocenters. The van der Waals surface area contributed by atoms with E-state index in [0.29, 0.717) is 35.4 Å². The van der Waals surface area contributed by atoms with Crippen LogP contribution in [0.4, 0.5) is 0 Å². The molecule has 0 aliphatic carbocycles. The highest BCUT2D eigenvalue weighted by Crippen LogP contribution is 2.32. The van der Waals surface area contributed by atoms with Gasteiger partial charge in [0.05, 0.1) is 11.6 Å². The van der Waals surface area contributed by atoms with E-state index in [-0.39, 0.29) is 0 Å². The van der Waals surface area contributed by atoms with Crippen molar-refractivity contribution in [3.8, 4) is 5.75 Å². The van der Waals surface area contributed by atoms with Crippen molar-refractivity contribution in [3.05, 3.63) is 63.6 Å². The minimum absolute atomic E-state index is 0.539. The van der Waals surface area contributed by atoms with Crippen LogP contribution in [0, 0.1) is 0 Å². The van der Waals surface area contributed by atoms with E-state index in [9.17, 15) is 0 Å². The first-order valence-electron chi connectivity index (χ1n) is 7.05. The van der Waals surface area contributed by atoms with Gasteiger partial charge in [0.15, 0.2) is 0 Å². The Morgan fingerprint density at radius 2 is 1.76 bits per heavy atom. The van der Waals surface area contributed by atoms with Gasteiger partial charge in [-0.3, -0.25) is 0 Å². The Balaban J connectivity index is 1.93. The number of ether oxygens (including phenoxy) is 1. The zero-order chi connectivity index (χ0) is 15.1. The van der Waals surface area contributed by atoms with Crippen molar-refractivity contribution in [2.45, 2.75) is 19.3 Å². The summed E-state index contributed by atoms with van der Waals surface area (Å²) in [5.41, 5.74) is 7.90. The van der Waals surface area contributed by atoms with Crippen molar-refractivity contribution in [2.24, 2.45) is 5.73 Å². The van der Waals surface area contributed by atoms with Crippen LogP contribution in [0.2, 0.25) is 10.0 Å². The molecular weight excluding hydrogens is 305 g/mol. The smallest absolute Gasteiger partial charge is 0.141 e. The van der Waals surface area contributed by atoms with Crippen LogP contribution in [-0.2, 0) is 12.8 Å². The number of halogens is 2. The molecule has 0 radical (unpaired) electrons. The first-order chi connectivity index (χ1) is 10.2. The molecule has 0 saturated carbocycles. The third-order valence-corrected chi connectivity index (χ3v) is 3.70. The van der Waals surface area contributed by atoms with Gasteiger partial charge in [-0.2, -0.15) is 0 Å². The van der Waals surface area contributed by atoms with Crippen LogP contribution in [0.1, 0.15) is 17.5 Å². The lowest BCUT2D eigenvalue weighted by Gasteiger charge is -2.13. The highest BCUT2D eigenvalue weighted by Gasteiger charge is 2.10. The molecule has 2 aromatic rings. The number of nitrogens with two attached hydrogens (primary N) is 1.